The number of hydrogen-bond acceptors (Lipinski definition) is 6. The third kappa shape index (κ3) is 2.99. The highest BCUT2D eigenvalue weighted by atomic mass is 32.2. The highest BCUT2D eigenvalue weighted by Gasteiger charge is 2.44. The first-order chi connectivity index (χ1) is 11.4. The van der Waals surface area contributed by atoms with Gasteiger partial charge in [0.05, 0.1) is 12.0 Å². The van der Waals surface area contributed by atoms with Crippen LogP contribution in [0.3, 0.4) is 0 Å². The molecule has 0 bridgehead atoms. The highest BCUT2D eigenvalue weighted by Crippen LogP contribution is 2.42. The van der Waals surface area contributed by atoms with Gasteiger partial charge in [0.25, 0.3) is 5.69 Å². The molecule has 9 heteroatoms. The SMILES string of the molecule is COc1ccc([N+](=O)[O-])cc1S(=O)(=O)N1CCC2(CCNCC2)C1. The summed E-state index contributed by atoms with van der Waals surface area (Å²) in [4.78, 5) is 10.3. The zero-order valence-corrected chi connectivity index (χ0v) is 14.3. The lowest BCUT2D eigenvalue weighted by Gasteiger charge is -2.33. The van der Waals surface area contributed by atoms with Crippen molar-refractivity contribution in [2.24, 2.45) is 5.41 Å². The largest absolute Gasteiger partial charge is 0.495 e. The first-order valence-electron chi connectivity index (χ1n) is 7.91. The highest BCUT2D eigenvalue weighted by molar-refractivity contribution is 7.89. The molecule has 2 aliphatic rings. The number of nitrogens with zero attached hydrogens (tertiary/aromatic N) is 2. The first kappa shape index (κ1) is 17.1. The minimum absolute atomic E-state index is 0.0201. The van der Waals surface area contributed by atoms with Crippen molar-refractivity contribution in [1.82, 2.24) is 9.62 Å². The molecule has 2 aliphatic heterocycles. The first-order valence-corrected chi connectivity index (χ1v) is 9.35. The average molecular weight is 355 g/mol. The number of methoxy groups -OCH3 is 1. The summed E-state index contributed by atoms with van der Waals surface area (Å²) in [7, 11) is -2.47. The summed E-state index contributed by atoms with van der Waals surface area (Å²) in [6, 6.07) is 3.67. The maximum atomic E-state index is 13.0. The third-order valence-corrected chi connectivity index (χ3v) is 6.91. The molecule has 0 atom stereocenters. The Balaban J connectivity index is 1.93. The van der Waals surface area contributed by atoms with Gasteiger partial charge in [-0.25, -0.2) is 8.42 Å². The monoisotopic (exact) mass is 355 g/mol. The van der Waals surface area contributed by atoms with E-state index in [0.717, 1.165) is 38.4 Å². The maximum Gasteiger partial charge on any atom is 0.271 e. The molecule has 3 rings (SSSR count). The number of ether oxygens (including phenoxy) is 1. The van der Waals surface area contributed by atoms with E-state index in [0.29, 0.717) is 13.1 Å². The van der Waals surface area contributed by atoms with Crippen LogP contribution in [0.2, 0.25) is 0 Å². The summed E-state index contributed by atoms with van der Waals surface area (Å²) in [6.45, 7) is 2.69. The molecule has 2 saturated heterocycles. The lowest BCUT2D eigenvalue weighted by molar-refractivity contribution is -0.385. The van der Waals surface area contributed by atoms with Crippen LogP contribution in [0.15, 0.2) is 23.1 Å². The molecular formula is C15H21N3O5S. The van der Waals surface area contributed by atoms with E-state index in [2.05, 4.69) is 5.32 Å². The quantitative estimate of drug-likeness (QED) is 0.646. The third-order valence-electron chi connectivity index (χ3n) is 5.04. The molecule has 1 aromatic rings. The summed E-state index contributed by atoms with van der Waals surface area (Å²) >= 11 is 0. The Morgan fingerprint density at radius 3 is 2.62 bits per heavy atom. The molecule has 2 heterocycles. The summed E-state index contributed by atoms with van der Waals surface area (Å²) in [6.07, 6.45) is 2.72. The van der Waals surface area contributed by atoms with Gasteiger partial charge in [-0.1, -0.05) is 0 Å². The number of nitro benzene ring substituents is 1. The van der Waals surface area contributed by atoms with E-state index in [4.69, 9.17) is 4.74 Å². The Morgan fingerprint density at radius 2 is 2.00 bits per heavy atom. The molecular weight excluding hydrogens is 334 g/mol. The molecule has 2 fully saturated rings. The van der Waals surface area contributed by atoms with Gasteiger partial charge in [-0.3, -0.25) is 10.1 Å². The zero-order chi connectivity index (χ0) is 17.4. The normalized spacial score (nSPS) is 21.0. The van der Waals surface area contributed by atoms with Crippen molar-refractivity contribution in [3.05, 3.63) is 28.3 Å². The molecule has 0 unspecified atom stereocenters. The van der Waals surface area contributed by atoms with Crippen LogP contribution in [0, 0.1) is 15.5 Å². The van der Waals surface area contributed by atoms with E-state index >= 15 is 0 Å². The second kappa shape index (κ2) is 6.30. The van der Waals surface area contributed by atoms with Crippen molar-refractivity contribution in [2.75, 3.05) is 33.3 Å². The van der Waals surface area contributed by atoms with Gasteiger partial charge in [0.1, 0.15) is 10.6 Å². The second-order valence-electron chi connectivity index (χ2n) is 6.43. The van der Waals surface area contributed by atoms with Crippen LogP contribution < -0.4 is 10.1 Å². The fourth-order valence-corrected chi connectivity index (χ4v) is 5.31. The molecule has 8 nitrogen and oxygen atoms in total. The Hall–Kier alpha value is -1.71. The molecule has 0 radical (unpaired) electrons. The Morgan fingerprint density at radius 1 is 1.29 bits per heavy atom. The van der Waals surface area contributed by atoms with E-state index in [1.54, 1.807) is 0 Å². The minimum atomic E-state index is -3.83. The lowest BCUT2D eigenvalue weighted by atomic mass is 9.78. The topological polar surface area (TPSA) is 102 Å². The summed E-state index contributed by atoms with van der Waals surface area (Å²) in [5.41, 5.74) is -0.239. The fourth-order valence-electron chi connectivity index (χ4n) is 3.58. The number of piperidine rings is 1. The van der Waals surface area contributed by atoms with Crippen LogP contribution in [0.5, 0.6) is 5.75 Å². The molecule has 0 aromatic heterocycles. The molecule has 1 aromatic carbocycles. The van der Waals surface area contributed by atoms with E-state index in [-0.39, 0.29) is 21.7 Å². The molecule has 24 heavy (non-hydrogen) atoms. The number of rotatable bonds is 4. The zero-order valence-electron chi connectivity index (χ0n) is 13.5. The molecule has 0 saturated carbocycles. The van der Waals surface area contributed by atoms with E-state index in [9.17, 15) is 18.5 Å². The molecule has 1 spiro atoms. The smallest absolute Gasteiger partial charge is 0.271 e. The van der Waals surface area contributed by atoms with Crippen LogP contribution >= 0.6 is 0 Å². The van der Waals surface area contributed by atoms with Crippen molar-refractivity contribution in [1.29, 1.82) is 0 Å². The fraction of sp³-hybridized carbons (Fsp3) is 0.600. The van der Waals surface area contributed by atoms with Gasteiger partial charge in [-0.05, 0) is 43.8 Å². The van der Waals surface area contributed by atoms with Crippen molar-refractivity contribution in [3.8, 4) is 5.75 Å². The second-order valence-corrected chi connectivity index (χ2v) is 8.34. The Kier molecular flexibility index (Phi) is 4.50. The lowest BCUT2D eigenvalue weighted by Crippen LogP contribution is -2.39. The van der Waals surface area contributed by atoms with E-state index < -0.39 is 14.9 Å². The van der Waals surface area contributed by atoms with Crippen LogP contribution in [-0.4, -0.2) is 50.9 Å². The maximum absolute atomic E-state index is 13.0. The van der Waals surface area contributed by atoms with Crippen molar-refractivity contribution in [2.45, 2.75) is 24.2 Å². The number of benzene rings is 1. The van der Waals surface area contributed by atoms with E-state index in [1.807, 2.05) is 0 Å². The predicted molar refractivity (Wildman–Crippen MR) is 87.6 cm³/mol. The molecule has 0 aliphatic carbocycles. The number of hydrogen-bond donors (Lipinski definition) is 1. The summed E-state index contributed by atoms with van der Waals surface area (Å²) in [5.74, 6) is 0.131. The summed E-state index contributed by atoms with van der Waals surface area (Å²) < 4.78 is 32.6. The Bertz CT molecular complexity index is 743. The van der Waals surface area contributed by atoms with Crippen LogP contribution in [0.1, 0.15) is 19.3 Å². The Labute approximate surface area is 141 Å². The van der Waals surface area contributed by atoms with Gasteiger partial charge in [0.15, 0.2) is 0 Å². The van der Waals surface area contributed by atoms with Gasteiger partial charge in [0.2, 0.25) is 10.0 Å². The minimum Gasteiger partial charge on any atom is -0.495 e. The van der Waals surface area contributed by atoms with Gasteiger partial charge in [-0.15, -0.1) is 0 Å². The molecule has 1 N–H and O–H groups in total. The van der Waals surface area contributed by atoms with Gasteiger partial charge in [-0.2, -0.15) is 4.31 Å². The van der Waals surface area contributed by atoms with Gasteiger partial charge < -0.3 is 10.1 Å². The van der Waals surface area contributed by atoms with Crippen molar-refractivity contribution in [3.63, 3.8) is 0 Å². The van der Waals surface area contributed by atoms with Crippen LogP contribution in [0.25, 0.3) is 0 Å². The summed E-state index contributed by atoms with van der Waals surface area (Å²) in [5, 5.41) is 14.3. The average Bonchev–Trinajstić information content (AvgIpc) is 2.99. The van der Waals surface area contributed by atoms with Gasteiger partial charge in [0, 0.05) is 25.2 Å². The molecule has 0 amide bonds. The molecule has 132 valence electrons. The standard InChI is InChI=1S/C15H21N3O5S/c1-23-13-3-2-12(18(19)20)10-14(13)24(21,22)17-9-6-15(11-17)4-7-16-8-5-15/h2-3,10,16H,4-9,11H2,1H3. The van der Waals surface area contributed by atoms with E-state index in [1.165, 1.54) is 23.5 Å². The predicted octanol–water partition coefficient (Wildman–Crippen LogP) is 1.37. The number of nitro groups is 1. The van der Waals surface area contributed by atoms with Gasteiger partial charge >= 0.3 is 0 Å². The number of nitrogens with one attached hydrogen (secondary N) is 1. The van der Waals surface area contributed by atoms with Crippen LogP contribution in [0.4, 0.5) is 5.69 Å². The van der Waals surface area contributed by atoms with Crippen LogP contribution in [-0.2, 0) is 10.0 Å². The van der Waals surface area contributed by atoms with Crippen molar-refractivity contribution >= 4 is 15.7 Å². The van der Waals surface area contributed by atoms with Crippen molar-refractivity contribution < 1.29 is 18.1 Å². The number of sulfonamides is 1. The number of non-ortho nitro benzene ring substituents is 1.